The van der Waals surface area contributed by atoms with Crippen LogP contribution in [0.2, 0.25) is 0 Å². The number of nitrogens with one attached hydrogen (secondary N) is 1. The van der Waals surface area contributed by atoms with Crippen LogP contribution in [0.25, 0.3) is 0 Å². The fraction of sp³-hybridized carbons (Fsp3) is 0.480. The number of fused-ring (bicyclic) bond motifs is 1. The quantitative estimate of drug-likeness (QED) is 0.626. The van der Waals surface area contributed by atoms with Crippen LogP contribution in [0, 0.1) is 0 Å². The Morgan fingerprint density at radius 3 is 2.70 bits per heavy atom. The first-order valence-electron chi connectivity index (χ1n) is 11.3. The molecule has 176 valence electrons. The number of hydrogen-bond acceptors (Lipinski definition) is 7. The smallest absolute Gasteiger partial charge is 0.338 e. The minimum atomic E-state index is -0.629. The fourth-order valence-corrected chi connectivity index (χ4v) is 5.14. The molecule has 1 aromatic rings. The van der Waals surface area contributed by atoms with Gasteiger partial charge in [-0.2, -0.15) is 0 Å². The Bertz CT molecular complexity index is 1000. The van der Waals surface area contributed by atoms with Gasteiger partial charge in [0.05, 0.1) is 29.8 Å². The average molecular weight is 470 g/mol. The number of carbonyl (C=O) groups is 2. The highest BCUT2D eigenvalue weighted by atomic mass is 32.2. The molecular formula is C25H31N3O4S. The zero-order chi connectivity index (χ0) is 23.6. The summed E-state index contributed by atoms with van der Waals surface area (Å²) in [6, 6.07) is 9.40. The Hall–Kier alpha value is -2.58. The Morgan fingerprint density at radius 1 is 1.27 bits per heavy atom. The van der Waals surface area contributed by atoms with Gasteiger partial charge in [0.2, 0.25) is 5.91 Å². The number of hydrogen-bond donors (Lipinski definition) is 1. The largest absolute Gasteiger partial charge is 0.456 e. The maximum absolute atomic E-state index is 13.3. The van der Waals surface area contributed by atoms with Gasteiger partial charge in [-0.15, -0.1) is 0 Å². The topological polar surface area (TPSA) is 80.2 Å². The van der Waals surface area contributed by atoms with Crippen LogP contribution in [0.4, 0.5) is 0 Å². The van der Waals surface area contributed by atoms with Gasteiger partial charge in [-0.05, 0) is 51.5 Å². The van der Waals surface area contributed by atoms with Crippen LogP contribution in [0.1, 0.15) is 58.6 Å². The number of allylic oxidation sites excluding steroid dienone is 1. The van der Waals surface area contributed by atoms with E-state index in [0.717, 1.165) is 35.9 Å². The predicted molar refractivity (Wildman–Crippen MR) is 129 cm³/mol. The van der Waals surface area contributed by atoms with Crippen LogP contribution >= 0.6 is 11.8 Å². The van der Waals surface area contributed by atoms with Crippen LogP contribution in [0.5, 0.6) is 0 Å². The summed E-state index contributed by atoms with van der Waals surface area (Å²) in [7, 11) is 0. The molecule has 0 bridgehead atoms. The number of carbonyl (C=O) groups excluding carboxylic acids is 2. The molecule has 1 saturated heterocycles. The molecule has 4 rings (SSSR count). The summed E-state index contributed by atoms with van der Waals surface area (Å²) in [6.45, 7) is 8.67. The third-order valence-electron chi connectivity index (χ3n) is 5.63. The van der Waals surface area contributed by atoms with Gasteiger partial charge in [-0.3, -0.25) is 4.79 Å². The average Bonchev–Trinajstić information content (AvgIpc) is 3.41. The lowest BCUT2D eigenvalue weighted by Crippen LogP contribution is -2.39. The van der Waals surface area contributed by atoms with E-state index in [0.29, 0.717) is 17.8 Å². The number of esters is 1. The number of ether oxygens (including phenoxy) is 2. The van der Waals surface area contributed by atoms with Gasteiger partial charge in [-0.1, -0.05) is 42.1 Å². The van der Waals surface area contributed by atoms with Crippen LogP contribution in [0.3, 0.4) is 0 Å². The van der Waals surface area contributed by atoms with E-state index in [1.807, 2.05) is 68.3 Å². The van der Waals surface area contributed by atoms with E-state index in [4.69, 9.17) is 14.5 Å². The maximum Gasteiger partial charge on any atom is 0.338 e. The van der Waals surface area contributed by atoms with Gasteiger partial charge >= 0.3 is 5.97 Å². The van der Waals surface area contributed by atoms with E-state index >= 15 is 0 Å². The van der Waals surface area contributed by atoms with E-state index in [9.17, 15) is 9.59 Å². The minimum Gasteiger partial charge on any atom is -0.456 e. The molecule has 1 aromatic carbocycles. The van der Waals surface area contributed by atoms with Crippen LogP contribution in [0.15, 0.2) is 57.7 Å². The number of nitrogens with zero attached hydrogens (tertiary/aromatic N) is 2. The molecular weight excluding hydrogens is 438 g/mol. The summed E-state index contributed by atoms with van der Waals surface area (Å²) >= 11 is 1.47. The van der Waals surface area contributed by atoms with Crippen molar-refractivity contribution in [2.75, 3.05) is 13.2 Å². The highest BCUT2D eigenvalue weighted by Gasteiger charge is 2.41. The summed E-state index contributed by atoms with van der Waals surface area (Å²) in [5.41, 5.74) is 2.25. The summed E-state index contributed by atoms with van der Waals surface area (Å²) in [5, 5.41) is 5.70. The number of benzene rings is 1. The monoisotopic (exact) mass is 469 g/mol. The minimum absolute atomic E-state index is 0.0736. The van der Waals surface area contributed by atoms with Gasteiger partial charge in [0.25, 0.3) is 0 Å². The molecule has 0 aromatic heterocycles. The highest BCUT2D eigenvalue weighted by Crippen LogP contribution is 2.45. The molecule has 33 heavy (non-hydrogen) atoms. The highest BCUT2D eigenvalue weighted by molar-refractivity contribution is 8.16. The van der Waals surface area contributed by atoms with Gasteiger partial charge in [0.1, 0.15) is 5.60 Å². The first kappa shape index (κ1) is 23.6. The van der Waals surface area contributed by atoms with E-state index in [1.165, 1.54) is 11.8 Å². The number of rotatable bonds is 6. The van der Waals surface area contributed by atoms with Crippen molar-refractivity contribution in [3.8, 4) is 0 Å². The standard InChI is InChI=1S/C25H31N3O4S/c1-16-21(23(30)32-25(2,3)4)22(17-9-6-5-7-10-17)28-18(15-33-24(28)27-16)13-20(29)26-14-19-11-8-12-31-19/h5-7,9-10,15,19,22H,8,11-14H2,1-4H3,(H,26,29). The Balaban J connectivity index is 1.60. The normalized spacial score (nSPS) is 22.6. The van der Waals surface area contributed by atoms with Crippen molar-refractivity contribution in [1.82, 2.24) is 10.2 Å². The third kappa shape index (κ3) is 5.50. The Kier molecular flexibility index (Phi) is 6.95. The van der Waals surface area contributed by atoms with Gasteiger partial charge in [-0.25, -0.2) is 9.79 Å². The van der Waals surface area contributed by atoms with Crippen molar-refractivity contribution in [2.45, 2.75) is 64.7 Å². The lowest BCUT2D eigenvalue weighted by Gasteiger charge is -2.37. The molecule has 3 aliphatic heterocycles. The number of aliphatic imine (C=N–C) groups is 1. The first-order chi connectivity index (χ1) is 15.7. The summed E-state index contributed by atoms with van der Waals surface area (Å²) in [6.07, 6.45) is 2.30. The van der Waals surface area contributed by atoms with Crippen molar-refractivity contribution in [3.05, 3.63) is 58.3 Å². The molecule has 3 aliphatic rings. The molecule has 1 N–H and O–H groups in total. The zero-order valence-electron chi connectivity index (χ0n) is 19.6. The molecule has 2 atom stereocenters. The molecule has 0 saturated carbocycles. The van der Waals surface area contributed by atoms with E-state index in [2.05, 4.69) is 5.32 Å². The third-order valence-corrected chi connectivity index (χ3v) is 6.52. The SMILES string of the molecule is CC1=C(C(=O)OC(C)(C)C)C(c2ccccc2)N2C(CC(=O)NCC3CCCO3)=CSC2=N1. The van der Waals surface area contributed by atoms with Crippen molar-refractivity contribution in [3.63, 3.8) is 0 Å². The Morgan fingerprint density at radius 2 is 2.03 bits per heavy atom. The lowest BCUT2D eigenvalue weighted by atomic mass is 9.93. The molecule has 1 amide bonds. The van der Waals surface area contributed by atoms with Gasteiger partial charge in [0.15, 0.2) is 5.17 Å². The molecule has 7 nitrogen and oxygen atoms in total. The number of amidine groups is 1. The molecule has 0 aliphatic carbocycles. The second-order valence-corrected chi connectivity index (χ2v) is 10.3. The number of thioether (sulfide) groups is 1. The van der Waals surface area contributed by atoms with Gasteiger partial charge < -0.3 is 19.7 Å². The van der Waals surface area contributed by atoms with Crippen molar-refractivity contribution in [2.24, 2.45) is 4.99 Å². The van der Waals surface area contributed by atoms with E-state index in [-0.39, 0.29) is 18.4 Å². The Labute approximate surface area is 199 Å². The summed E-state index contributed by atoms with van der Waals surface area (Å²) in [5.74, 6) is -0.466. The van der Waals surface area contributed by atoms with Crippen LogP contribution in [-0.4, -0.2) is 46.8 Å². The molecule has 0 radical (unpaired) electrons. The molecule has 2 unspecified atom stereocenters. The van der Waals surface area contributed by atoms with E-state index in [1.54, 1.807) is 0 Å². The molecule has 8 heteroatoms. The first-order valence-corrected chi connectivity index (χ1v) is 12.2. The van der Waals surface area contributed by atoms with Crippen LogP contribution in [-0.2, 0) is 19.1 Å². The molecule has 0 spiro atoms. The van der Waals surface area contributed by atoms with Crippen molar-refractivity contribution < 1.29 is 19.1 Å². The van der Waals surface area contributed by atoms with Crippen LogP contribution < -0.4 is 5.32 Å². The second kappa shape index (κ2) is 9.73. The van der Waals surface area contributed by atoms with Crippen molar-refractivity contribution in [1.29, 1.82) is 0 Å². The summed E-state index contributed by atoms with van der Waals surface area (Å²) in [4.78, 5) is 32.7. The van der Waals surface area contributed by atoms with Gasteiger partial charge in [0, 0.05) is 18.8 Å². The number of amides is 1. The second-order valence-electron chi connectivity index (χ2n) is 9.42. The lowest BCUT2D eigenvalue weighted by molar-refractivity contribution is -0.150. The van der Waals surface area contributed by atoms with E-state index < -0.39 is 17.6 Å². The zero-order valence-corrected chi connectivity index (χ0v) is 20.4. The molecule has 3 heterocycles. The maximum atomic E-state index is 13.3. The molecule has 1 fully saturated rings. The fourth-order valence-electron chi connectivity index (χ4n) is 4.17. The van der Waals surface area contributed by atoms with Crippen molar-refractivity contribution >= 4 is 28.8 Å². The summed E-state index contributed by atoms with van der Waals surface area (Å²) < 4.78 is 11.4. The predicted octanol–water partition coefficient (Wildman–Crippen LogP) is 4.29.